The minimum absolute atomic E-state index is 0.0397. The SMILES string of the molecule is COc1ccc(NC(=O)c2ccc(-c3ccccc3)[nH]c2=O)cc1NC(=O)OC(C)(C)C. The summed E-state index contributed by atoms with van der Waals surface area (Å²) in [6.07, 6.45) is -0.660. The zero-order valence-corrected chi connectivity index (χ0v) is 18.3. The van der Waals surface area contributed by atoms with Crippen molar-refractivity contribution in [2.75, 3.05) is 17.7 Å². The maximum absolute atomic E-state index is 12.7. The van der Waals surface area contributed by atoms with Crippen molar-refractivity contribution in [2.45, 2.75) is 26.4 Å². The lowest BCUT2D eigenvalue weighted by molar-refractivity contribution is 0.0635. The Labute approximate surface area is 185 Å². The minimum atomic E-state index is -0.671. The van der Waals surface area contributed by atoms with Gasteiger partial charge in [-0.15, -0.1) is 0 Å². The Balaban J connectivity index is 1.79. The number of amides is 2. The van der Waals surface area contributed by atoms with Crippen LogP contribution in [0.2, 0.25) is 0 Å². The highest BCUT2D eigenvalue weighted by Gasteiger charge is 2.18. The van der Waals surface area contributed by atoms with E-state index in [4.69, 9.17) is 9.47 Å². The second-order valence-corrected chi connectivity index (χ2v) is 7.98. The van der Waals surface area contributed by atoms with Crippen molar-refractivity contribution >= 4 is 23.4 Å². The molecule has 0 bridgehead atoms. The summed E-state index contributed by atoms with van der Waals surface area (Å²) < 4.78 is 10.5. The Bertz CT molecular complexity index is 1180. The summed E-state index contributed by atoms with van der Waals surface area (Å²) in [5, 5.41) is 5.27. The van der Waals surface area contributed by atoms with Crippen molar-refractivity contribution in [1.82, 2.24) is 4.98 Å². The Morgan fingerprint density at radius 2 is 1.66 bits per heavy atom. The maximum atomic E-state index is 12.7. The number of methoxy groups -OCH3 is 1. The molecular formula is C24H25N3O5. The molecule has 0 saturated carbocycles. The van der Waals surface area contributed by atoms with Crippen molar-refractivity contribution in [3.8, 4) is 17.0 Å². The highest BCUT2D eigenvalue weighted by Crippen LogP contribution is 2.28. The number of H-pyrrole nitrogens is 1. The molecule has 2 amide bonds. The summed E-state index contributed by atoms with van der Waals surface area (Å²) in [6.45, 7) is 5.25. The largest absolute Gasteiger partial charge is 0.495 e. The average Bonchev–Trinajstić information content (AvgIpc) is 2.73. The van der Waals surface area contributed by atoms with Crippen LogP contribution < -0.4 is 20.9 Å². The van der Waals surface area contributed by atoms with Crippen LogP contribution >= 0.6 is 0 Å². The lowest BCUT2D eigenvalue weighted by Gasteiger charge is -2.20. The van der Waals surface area contributed by atoms with Gasteiger partial charge in [0.2, 0.25) is 0 Å². The Morgan fingerprint density at radius 3 is 2.28 bits per heavy atom. The highest BCUT2D eigenvalue weighted by atomic mass is 16.6. The molecule has 0 aliphatic carbocycles. The quantitative estimate of drug-likeness (QED) is 0.540. The molecule has 0 fully saturated rings. The van der Waals surface area contributed by atoms with Crippen LogP contribution in [0.4, 0.5) is 16.2 Å². The molecule has 1 heterocycles. The number of aromatic amines is 1. The molecule has 166 valence electrons. The number of anilines is 2. The van der Waals surface area contributed by atoms with E-state index in [1.165, 1.54) is 19.2 Å². The monoisotopic (exact) mass is 435 g/mol. The first-order valence-corrected chi connectivity index (χ1v) is 9.94. The van der Waals surface area contributed by atoms with Crippen LogP contribution in [-0.4, -0.2) is 29.7 Å². The molecule has 0 unspecified atom stereocenters. The number of ether oxygens (including phenoxy) is 2. The van der Waals surface area contributed by atoms with Crippen LogP contribution in [0.1, 0.15) is 31.1 Å². The first kappa shape index (κ1) is 22.6. The third kappa shape index (κ3) is 5.75. The average molecular weight is 435 g/mol. The van der Waals surface area contributed by atoms with E-state index in [0.717, 1.165) is 5.56 Å². The molecule has 1 aromatic heterocycles. The predicted molar refractivity (Wildman–Crippen MR) is 123 cm³/mol. The summed E-state index contributed by atoms with van der Waals surface area (Å²) in [5.41, 5.74) is 0.911. The van der Waals surface area contributed by atoms with E-state index < -0.39 is 23.2 Å². The molecule has 2 aromatic carbocycles. The molecule has 0 radical (unpaired) electrons. The van der Waals surface area contributed by atoms with E-state index in [1.54, 1.807) is 39.0 Å². The fraction of sp³-hybridized carbons (Fsp3) is 0.208. The number of aromatic nitrogens is 1. The molecule has 3 rings (SSSR count). The number of benzene rings is 2. The standard InChI is InChI=1S/C24H25N3O5/c1-24(2,3)32-23(30)27-19-14-16(10-13-20(19)31-4)25-21(28)17-11-12-18(26-22(17)29)15-8-6-5-7-9-15/h5-14H,1-4H3,(H,25,28)(H,26,29)(H,27,30). The zero-order valence-electron chi connectivity index (χ0n) is 18.3. The van der Waals surface area contributed by atoms with Crippen LogP contribution in [0.5, 0.6) is 5.75 Å². The Morgan fingerprint density at radius 1 is 0.938 bits per heavy atom. The van der Waals surface area contributed by atoms with Crippen LogP contribution in [0, 0.1) is 0 Å². The van der Waals surface area contributed by atoms with E-state index in [9.17, 15) is 14.4 Å². The number of carbonyl (C=O) groups excluding carboxylic acids is 2. The van der Waals surface area contributed by atoms with Crippen molar-refractivity contribution in [1.29, 1.82) is 0 Å². The zero-order chi connectivity index (χ0) is 23.3. The van der Waals surface area contributed by atoms with Gasteiger partial charge >= 0.3 is 6.09 Å². The molecule has 0 aliphatic heterocycles. The van der Waals surface area contributed by atoms with Gasteiger partial charge in [-0.1, -0.05) is 30.3 Å². The summed E-state index contributed by atoms with van der Waals surface area (Å²) >= 11 is 0. The van der Waals surface area contributed by atoms with Crippen molar-refractivity contribution < 1.29 is 19.1 Å². The Hall–Kier alpha value is -4.07. The van der Waals surface area contributed by atoms with Gasteiger partial charge in [-0.05, 0) is 56.7 Å². The number of hydrogen-bond acceptors (Lipinski definition) is 5. The number of rotatable bonds is 5. The lowest BCUT2D eigenvalue weighted by Crippen LogP contribution is -2.27. The van der Waals surface area contributed by atoms with E-state index >= 15 is 0 Å². The van der Waals surface area contributed by atoms with Gasteiger partial charge < -0.3 is 19.8 Å². The molecule has 32 heavy (non-hydrogen) atoms. The van der Waals surface area contributed by atoms with E-state index in [1.807, 2.05) is 30.3 Å². The third-order valence-electron chi connectivity index (χ3n) is 4.33. The van der Waals surface area contributed by atoms with Gasteiger partial charge in [0.1, 0.15) is 16.9 Å². The number of hydrogen-bond donors (Lipinski definition) is 3. The molecular weight excluding hydrogens is 410 g/mol. The number of nitrogens with one attached hydrogen (secondary N) is 3. The van der Waals surface area contributed by atoms with Gasteiger partial charge in [0.15, 0.2) is 0 Å². The predicted octanol–water partition coefficient (Wildman–Crippen LogP) is 4.65. The molecule has 3 N–H and O–H groups in total. The molecule has 3 aromatic rings. The summed E-state index contributed by atoms with van der Waals surface area (Å²) in [4.78, 5) is 40.0. The molecule has 8 nitrogen and oxygen atoms in total. The van der Waals surface area contributed by atoms with Gasteiger partial charge in [-0.25, -0.2) is 4.79 Å². The van der Waals surface area contributed by atoms with Crippen LogP contribution in [0.25, 0.3) is 11.3 Å². The normalized spacial score (nSPS) is 10.9. The van der Waals surface area contributed by atoms with Gasteiger partial charge in [0.25, 0.3) is 11.5 Å². The smallest absolute Gasteiger partial charge is 0.412 e. The van der Waals surface area contributed by atoms with E-state index in [-0.39, 0.29) is 5.56 Å². The summed E-state index contributed by atoms with van der Waals surface area (Å²) in [5.74, 6) is -0.196. The fourth-order valence-corrected chi connectivity index (χ4v) is 2.93. The van der Waals surface area contributed by atoms with Crippen LogP contribution in [0.15, 0.2) is 65.5 Å². The third-order valence-corrected chi connectivity index (χ3v) is 4.33. The summed E-state index contributed by atoms with van der Waals surface area (Å²) in [7, 11) is 1.46. The van der Waals surface area contributed by atoms with Gasteiger partial charge in [-0.3, -0.25) is 14.9 Å². The highest BCUT2D eigenvalue weighted by molar-refractivity contribution is 6.04. The van der Waals surface area contributed by atoms with E-state index in [0.29, 0.717) is 22.8 Å². The molecule has 8 heteroatoms. The molecule has 0 aliphatic rings. The second kappa shape index (κ2) is 9.38. The maximum Gasteiger partial charge on any atom is 0.412 e. The lowest BCUT2D eigenvalue weighted by atomic mass is 10.1. The topological polar surface area (TPSA) is 110 Å². The first-order chi connectivity index (χ1) is 15.2. The minimum Gasteiger partial charge on any atom is -0.495 e. The van der Waals surface area contributed by atoms with Gasteiger partial charge in [0, 0.05) is 11.4 Å². The van der Waals surface area contributed by atoms with Crippen LogP contribution in [0.3, 0.4) is 0 Å². The van der Waals surface area contributed by atoms with Crippen molar-refractivity contribution in [3.63, 3.8) is 0 Å². The van der Waals surface area contributed by atoms with Gasteiger partial charge in [-0.2, -0.15) is 0 Å². The molecule has 0 spiro atoms. The first-order valence-electron chi connectivity index (χ1n) is 9.94. The number of pyridine rings is 1. The molecule has 0 saturated heterocycles. The summed E-state index contributed by atoms with van der Waals surface area (Å²) in [6, 6.07) is 17.2. The van der Waals surface area contributed by atoms with Gasteiger partial charge in [0.05, 0.1) is 12.8 Å². The molecule has 0 atom stereocenters. The van der Waals surface area contributed by atoms with Crippen molar-refractivity contribution in [2.24, 2.45) is 0 Å². The van der Waals surface area contributed by atoms with Crippen LogP contribution in [-0.2, 0) is 4.74 Å². The Kier molecular flexibility index (Phi) is 6.63. The fourth-order valence-electron chi connectivity index (χ4n) is 2.93. The van der Waals surface area contributed by atoms with Crippen molar-refractivity contribution in [3.05, 3.63) is 76.6 Å². The number of carbonyl (C=O) groups is 2. The second-order valence-electron chi connectivity index (χ2n) is 7.98. The van der Waals surface area contributed by atoms with E-state index in [2.05, 4.69) is 15.6 Å².